The average Bonchev–Trinajstić information content (AvgIpc) is 2.80. The van der Waals surface area contributed by atoms with Gasteiger partial charge in [0.1, 0.15) is 0 Å². The molecule has 2 fully saturated rings. The van der Waals surface area contributed by atoms with Gasteiger partial charge in [0.2, 0.25) is 0 Å². The van der Waals surface area contributed by atoms with Crippen LogP contribution in [0, 0.1) is 23.7 Å². The Balaban J connectivity index is 1.92. The summed E-state index contributed by atoms with van der Waals surface area (Å²) in [6, 6.07) is 6.80. The predicted molar refractivity (Wildman–Crippen MR) is 82.2 cm³/mol. The summed E-state index contributed by atoms with van der Waals surface area (Å²) < 4.78 is 0. The highest BCUT2D eigenvalue weighted by molar-refractivity contribution is 5.67. The van der Waals surface area contributed by atoms with E-state index < -0.39 is 0 Å². The van der Waals surface area contributed by atoms with E-state index in [9.17, 15) is 0 Å². The molecule has 0 aliphatic heterocycles. The van der Waals surface area contributed by atoms with Crippen molar-refractivity contribution in [1.82, 2.24) is 0 Å². The summed E-state index contributed by atoms with van der Waals surface area (Å²) >= 11 is 0. The standard InChI is InChI=1S/C17H26N2/c1-11-5-6-13(18)14(9-11)19-15-16(2,3)12-7-8-17(15,4)10-12/h5-6,9,12,15,19H,7-8,10,18H2,1-4H3. The second kappa shape index (κ2) is 3.91. The highest BCUT2D eigenvalue weighted by Gasteiger charge is 2.59. The third-order valence-corrected chi connectivity index (χ3v) is 5.78. The minimum Gasteiger partial charge on any atom is -0.397 e. The van der Waals surface area contributed by atoms with Gasteiger partial charge in [-0.15, -0.1) is 0 Å². The van der Waals surface area contributed by atoms with Crippen LogP contribution in [0.3, 0.4) is 0 Å². The molecule has 2 saturated carbocycles. The maximum Gasteiger partial charge on any atom is 0.0579 e. The van der Waals surface area contributed by atoms with Gasteiger partial charge in [-0.25, -0.2) is 0 Å². The maximum atomic E-state index is 6.13. The van der Waals surface area contributed by atoms with Crippen LogP contribution in [0.15, 0.2) is 18.2 Å². The normalized spacial score (nSPS) is 35.6. The zero-order valence-electron chi connectivity index (χ0n) is 12.6. The first-order chi connectivity index (χ1) is 8.83. The maximum absolute atomic E-state index is 6.13. The van der Waals surface area contributed by atoms with Crippen molar-refractivity contribution < 1.29 is 0 Å². The number of aryl methyl sites for hydroxylation is 1. The van der Waals surface area contributed by atoms with Gasteiger partial charge < -0.3 is 11.1 Å². The Hall–Kier alpha value is -1.18. The molecule has 2 bridgehead atoms. The Labute approximate surface area is 116 Å². The molecule has 3 atom stereocenters. The molecule has 3 rings (SSSR count). The predicted octanol–water partition coefficient (Wildman–Crippen LogP) is 4.20. The number of nitrogen functional groups attached to an aromatic ring is 1. The highest BCUT2D eigenvalue weighted by atomic mass is 15.0. The van der Waals surface area contributed by atoms with E-state index in [1.165, 1.54) is 24.8 Å². The van der Waals surface area contributed by atoms with Gasteiger partial charge in [-0.2, -0.15) is 0 Å². The lowest BCUT2D eigenvalue weighted by atomic mass is 9.68. The fourth-order valence-corrected chi connectivity index (χ4v) is 4.61. The first-order valence-corrected chi connectivity index (χ1v) is 7.46. The molecular formula is C17H26N2. The summed E-state index contributed by atoms with van der Waals surface area (Å²) in [5.41, 5.74) is 10.2. The number of nitrogens with two attached hydrogens (primary N) is 1. The van der Waals surface area contributed by atoms with Crippen LogP contribution in [0.4, 0.5) is 11.4 Å². The van der Waals surface area contributed by atoms with Crippen molar-refractivity contribution in [3.05, 3.63) is 23.8 Å². The van der Waals surface area contributed by atoms with Crippen molar-refractivity contribution in [1.29, 1.82) is 0 Å². The number of hydrogen-bond acceptors (Lipinski definition) is 2. The summed E-state index contributed by atoms with van der Waals surface area (Å²) in [4.78, 5) is 0. The molecule has 3 unspecified atom stereocenters. The number of rotatable bonds is 2. The van der Waals surface area contributed by atoms with Crippen LogP contribution in [0.5, 0.6) is 0 Å². The summed E-state index contributed by atoms with van der Waals surface area (Å²) in [5, 5.41) is 3.79. The Bertz CT molecular complexity index is 501. The molecule has 0 spiro atoms. The van der Waals surface area contributed by atoms with Crippen molar-refractivity contribution in [3.63, 3.8) is 0 Å². The van der Waals surface area contributed by atoms with Crippen LogP contribution >= 0.6 is 0 Å². The first kappa shape index (κ1) is 12.8. The smallest absolute Gasteiger partial charge is 0.0579 e. The third kappa shape index (κ3) is 1.84. The van der Waals surface area contributed by atoms with Crippen LogP contribution in [-0.2, 0) is 0 Å². The van der Waals surface area contributed by atoms with E-state index in [-0.39, 0.29) is 0 Å². The summed E-state index contributed by atoms with van der Waals surface area (Å²) in [7, 11) is 0. The van der Waals surface area contributed by atoms with E-state index >= 15 is 0 Å². The summed E-state index contributed by atoms with van der Waals surface area (Å²) in [6.07, 6.45) is 4.11. The van der Waals surface area contributed by atoms with E-state index in [0.29, 0.717) is 16.9 Å². The summed E-state index contributed by atoms with van der Waals surface area (Å²) in [6.45, 7) is 9.42. The minimum absolute atomic E-state index is 0.364. The molecule has 0 amide bonds. The van der Waals surface area contributed by atoms with E-state index in [1.54, 1.807) is 0 Å². The minimum atomic E-state index is 0.364. The van der Waals surface area contributed by atoms with Gasteiger partial charge >= 0.3 is 0 Å². The summed E-state index contributed by atoms with van der Waals surface area (Å²) in [5.74, 6) is 0.862. The van der Waals surface area contributed by atoms with Crippen LogP contribution in [0.1, 0.15) is 45.6 Å². The van der Waals surface area contributed by atoms with Gasteiger partial charge in [0.25, 0.3) is 0 Å². The first-order valence-electron chi connectivity index (χ1n) is 7.46. The van der Waals surface area contributed by atoms with Crippen molar-refractivity contribution in [2.45, 2.75) is 53.0 Å². The van der Waals surface area contributed by atoms with Crippen LogP contribution in [-0.4, -0.2) is 6.04 Å². The molecule has 2 aliphatic carbocycles. The fourth-order valence-electron chi connectivity index (χ4n) is 4.61. The number of anilines is 2. The molecule has 2 aliphatic rings. The van der Waals surface area contributed by atoms with Gasteiger partial charge in [0.05, 0.1) is 11.4 Å². The average molecular weight is 258 g/mol. The van der Waals surface area contributed by atoms with E-state index in [2.05, 4.69) is 45.1 Å². The Morgan fingerprint density at radius 2 is 2.00 bits per heavy atom. The highest BCUT2D eigenvalue weighted by Crippen LogP contribution is 2.63. The van der Waals surface area contributed by atoms with Gasteiger partial charge in [0.15, 0.2) is 0 Å². The Morgan fingerprint density at radius 3 is 2.63 bits per heavy atom. The van der Waals surface area contributed by atoms with E-state index in [0.717, 1.165) is 17.3 Å². The molecular weight excluding hydrogens is 232 g/mol. The zero-order valence-corrected chi connectivity index (χ0v) is 12.6. The van der Waals surface area contributed by atoms with Gasteiger partial charge in [-0.05, 0) is 60.6 Å². The lowest BCUT2D eigenvalue weighted by molar-refractivity contribution is 0.155. The molecule has 19 heavy (non-hydrogen) atoms. The van der Waals surface area contributed by atoms with Crippen LogP contribution < -0.4 is 11.1 Å². The topological polar surface area (TPSA) is 38.0 Å². The largest absolute Gasteiger partial charge is 0.397 e. The molecule has 0 radical (unpaired) electrons. The fraction of sp³-hybridized carbons (Fsp3) is 0.647. The number of nitrogens with one attached hydrogen (secondary N) is 1. The number of hydrogen-bond donors (Lipinski definition) is 2. The van der Waals surface area contributed by atoms with E-state index in [4.69, 9.17) is 5.73 Å². The number of benzene rings is 1. The molecule has 3 N–H and O–H groups in total. The Kier molecular flexibility index (Phi) is 2.64. The second-order valence-electron chi connectivity index (χ2n) is 7.58. The molecule has 0 aromatic heterocycles. The monoisotopic (exact) mass is 258 g/mol. The SMILES string of the molecule is Cc1ccc(N)c(NC2C3(C)CCC(C3)C2(C)C)c1. The Morgan fingerprint density at radius 1 is 1.26 bits per heavy atom. The molecule has 104 valence electrons. The van der Waals surface area contributed by atoms with Crippen LogP contribution in [0.2, 0.25) is 0 Å². The van der Waals surface area contributed by atoms with Crippen molar-refractivity contribution in [3.8, 4) is 0 Å². The molecule has 2 nitrogen and oxygen atoms in total. The lowest BCUT2D eigenvalue weighted by Gasteiger charge is -2.43. The molecule has 0 saturated heterocycles. The lowest BCUT2D eigenvalue weighted by Crippen LogP contribution is -2.45. The second-order valence-corrected chi connectivity index (χ2v) is 7.58. The number of fused-ring (bicyclic) bond motifs is 2. The van der Waals surface area contributed by atoms with Crippen molar-refractivity contribution >= 4 is 11.4 Å². The molecule has 1 aromatic carbocycles. The quantitative estimate of drug-likeness (QED) is 0.780. The zero-order chi connectivity index (χ0) is 13.8. The molecule has 0 heterocycles. The third-order valence-electron chi connectivity index (χ3n) is 5.78. The van der Waals surface area contributed by atoms with Gasteiger partial charge in [-0.1, -0.05) is 26.8 Å². The van der Waals surface area contributed by atoms with Crippen molar-refractivity contribution in [2.75, 3.05) is 11.1 Å². The van der Waals surface area contributed by atoms with Crippen molar-refractivity contribution in [2.24, 2.45) is 16.7 Å². The van der Waals surface area contributed by atoms with Gasteiger partial charge in [0, 0.05) is 6.04 Å². The van der Waals surface area contributed by atoms with Crippen LogP contribution in [0.25, 0.3) is 0 Å². The molecule has 2 heteroatoms. The van der Waals surface area contributed by atoms with Gasteiger partial charge in [-0.3, -0.25) is 0 Å². The molecule has 1 aromatic rings. The van der Waals surface area contributed by atoms with E-state index in [1.807, 2.05) is 6.07 Å².